The van der Waals surface area contributed by atoms with Crippen molar-refractivity contribution in [2.24, 2.45) is 17.7 Å². The highest BCUT2D eigenvalue weighted by Gasteiger charge is 2.36. The summed E-state index contributed by atoms with van der Waals surface area (Å²) in [7, 11) is 3.47. The molecule has 0 spiro atoms. The monoisotopic (exact) mass is 1010 g/mol. The number of H-pyrrole nitrogens is 3. The minimum absolute atomic E-state index is 0.0314. The molecule has 0 saturated carbocycles. The van der Waals surface area contributed by atoms with Gasteiger partial charge in [-0.3, -0.25) is 14.4 Å². The van der Waals surface area contributed by atoms with Crippen LogP contribution in [0, 0.1) is 58.2 Å². The van der Waals surface area contributed by atoms with Gasteiger partial charge in [0.05, 0.1) is 48.0 Å². The van der Waals surface area contributed by atoms with Gasteiger partial charge in [-0.15, -0.1) is 0 Å². The van der Waals surface area contributed by atoms with Gasteiger partial charge in [-0.2, -0.15) is 0 Å². The number of fused-ring (bicyclic) bond motifs is 3. The smallest absolute Gasteiger partial charge is 0.302 e. The Morgan fingerprint density at radius 3 is 1.40 bits per heavy atom. The topological polar surface area (TPSA) is 208 Å². The molecule has 6 atom stereocenters. The second-order valence-corrected chi connectivity index (χ2v) is 15.4. The van der Waals surface area contributed by atoms with E-state index in [0.717, 1.165) is 54.6 Å². The van der Waals surface area contributed by atoms with Gasteiger partial charge in [0.1, 0.15) is 61.6 Å². The molecule has 3 aliphatic heterocycles. The van der Waals surface area contributed by atoms with Gasteiger partial charge >= 0.3 is 17.7 Å². The highest BCUT2D eigenvalue weighted by Crippen LogP contribution is 2.32. The molecule has 6 aromatic rings. The van der Waals surface area contributed by atoms with E-state index in [1.54, 1.807) is 13.8 Å². The average molecular weight is 1010 g/mol. The number of aryl methyl sites for hydroxylation is 3. The Balaban J connectivity index is 0.000000220. The van der Waals surface area contributed by atoms with Crippen molar-refractivity contribution in [2.75, 3.05) is 94.3 Å². The number of hydrogen-bond donors (Lipinski definition) is 3. The summed E-state index contributed by atoms with van der Waals surface area (Å²) >= 11 is 0. The normalized spacial score (nSPS) is 37.7. The first-order valence-corrected chi connectivity index (χ1v) is 20.9. The summed E-state index contributed by atoms with van der Waals surface area (Å²) in [5.41, 5.74) is 1.62. The largest absolute Gasteiger partial charge is 0.354 e. The first-order valence-electron chi connectivity index (χ1n) is 37.4. The van der Waals surface area contributed by atoms with Crippen LogP contribution in [-0.4, -0.2) is 175 Å². The molecule has 3 amide bonds. The van der Waals surface area contributed by atoms with Crippen LogP contribution in [-0.2, 0) is 14.4 Å². The number of likely N-dealkylation sites (tertiary alicyclic amines) is 3. The van der Waals surface area contributed by atoms with Gasteiger partial charge in [0.15, 0.2) is 0 Å². The maximum absolute atomic E-state index is 13.0. The quantitative estimate of drug-likeness (QED) is 0.152. The summed E-state index contributed by atoms with van der Waals surface area (Å²) in [5, 5.41) is 0.188. The lowest BCUT2D eigenvalue weighted by Crippen LogP contribution is -2.53. The molecule has 0 bridgehead atoms. The molecule has 6 aromatic heterocycles. The Hall–Kier alpha value is -7.86. The van der Waals surface area contributed by atoms with E-state index in [-0.39, 0.29) is 78.5 Å². The number of piperidine rings is 3. The van der Waals surface area contributed by atoms with Crippen LogP contribution in [0.25, 0.3) is 47.6 Å². The lowest BCUT2D eigenvalue weighted by Gasteiger charge is -2.41. The van der Waals surface area contributed by atoms with E-state index in [0.29, 0.717) is 17.1 Å². The molecule has 21 heteroatoms. The Morgan fingerprint density at radius 1 is 0.639 bits per heavy atom. The molecule has 0 radical (unpaired) electrons. The second-order valence-electron chi connectivity index (χ2n) is 15.4. The average Bonchev–Trinajstić information content (AvgIpc) is 1.04. The van der Waals surface area contributed by atoms with Crippen molar-refractivity contribution in [1.29, 1.82) is 0 Å². The summed E-state index contributed by atoms with van der Waals surface area (Å²) in [5.74, 6) is -14.5. The predicted octanol–water partition coefficient (Wildman–Crippen LogP) is 5.58. The molecule has 21 nitrogen and oxygen atoms in total. The standard InChI is InChI=1S/3C17H22N6O/c3*1-11-5-6-23(15(24)8-18-3)9-14(11)22(4)17-13-7-12(2)21-16(13)19-10-20-17/h3*7,10-11,14H,5-6,8-9H2,1-2,4H3,(H,19,20,21)/t3*11-,14+/m111/s1/i1D3,5D2,6D2,7D,8D2,9D2,11D;5D2,6D2,7D,8D2,9D2,14D;5D2,6D2,7D,8D2,9D2,11D. The van der Waals surface area contributed by atoms with Crippen molar-refractivity contribution < 1.29 is 59.6 Å². The van der Waals surface area contributed by atoms with Gasteiger partial charge in [-0.25, -0.2) is 49.6 Å². The van der Waals surface area contributed by atoms with Crippen molar-refractivity contribution >= 4 is 68.3 Å². The van der Waals surface area contributed by atoms with Crippen molar-refractivity contribution in [1.82, 2.24) is 59.6 Å². The molecule has 72 heavy (non-hydrogen) atoms. The summed E-state index contributed by atoms with van der Waals surface area (Å²) in [4.78, 5) is 80.6. The lowest BCUT2D eigenvalue weighted by atomic mass is 9.92. The summed E-state index contributed by atoms with van der Waals surface area (Å²) < 4.78 is 274. The van der Waals surface area contributed by atoms with Crippen molar-refractivity contribution in [2.45, 2.75) is 78.7 Å². The number of carbonyl (C=O) groups is 3. The third-order valence-corrected chi connectivity index (χ3v) is 10.4. The zero-order chi connectivity index (χ0) is 81.2. The minimum atomic E-state index is -3.91. The third-order valence-electron chi connectivity index (χ3n) is 10.4. The zero-order valence-corrected chi connectivity index (χ0v) is 39.4. The van der Waals surface area contributed by atoms with Gasteiger partial charge in [0, 0.05) is 101 Å². The fourth-order valence-corrected chi connectivity index (χ4v) is 7.07. The van der Waals surface area contributed by atoms with E-state index in [1.165, 1.54) is 21.0 Å². The van der Waals surface area contributed by atoms with Gasteiger partial charge in [-0.05, 0) is 75.7 Å². The van der Waals surface area contributed by atoms with Gasteiger partial charge in [-0.1, -0.05) is 20.7 Å². The summed E-state index contributed by atoms with van der Waals surface area (Å²) in [6.45, 7) is -7.46. The van der Waals surface area contributed by atoms with Gasteiger partial charge < -0.3 is 58.9 Å². The Morgan fingerprint density at radius 2 is 1.00 bits per heavy atom. The second kappa shape index (κ2) is 22.9. The Bertz CT molecular complexity index is 4610. The van der Waals surface area contributed by atoms with Crippen molar-refractivity contribution in [3.05, 3.63) is 88.4 Å². The molecule has 3 N–H and O–H groups in total. The molecule has 3 saturated heterocycles. The van der Waals surface area contributed by atoms with Crippen molar-refractivity contribution in [3.8, 4) is 0 Å². The zero-order valence-electron chi connectivity index (χ0n) is 72.4. The summed E-state index contributed by atoms with van der Waals surface area (Å²) in [6, 6.07) is -7.58. The summed E-state index contributed by atoms with van der Waals surface area (Å²) in [6.07, 6.45) is -7.01. The number of amides is 3. The Kier molecular flexibility index (Phi) is 7.65. The van der Waals surface area contributed by atoms with Crippen LogP contribution in [0.2, 0.25) is 0 Å². The molecule has 0 aromatic carbocycles. The number of nitrogens with one attached hydrogen (secondary N) is 3. The number of anilines is 3. The maximum Gasteiger partial charge on any atom is 0.302 e. The molecule has 378 valence electrons. The predicted molar refractivity (Wildman–Crippen MR) is 278 cm³/mol. The number of hydrogen-bond acceptors (Lipinski definition) is 12. The molecular formula is C51H66N18O3. The minimum Gasteiger partial charge on any atom is -0.354 e. The molecular weight excluding hydrogens is 913 g/mol. The van der Waals surface area contributed by atoms with Crippen molar-refractivity contribution in [3.63, 3.8) is 0 Å². The van der Waals surface area contributed by atoms with Gasteiger partial charge in [0.2, 0.25) is 0 Å². The van der Waals surface area contributed by atoms with Crippen LogP contribution in [0.5, 0.6) is 0 Å². The SMILES string of the molecule is [2H]c1c(C)[nH]c2ncnc(N(C)[C@H]3C([2H])([2H])N(C(=O)C([2H])([2H])[N+]#[C-])C([2H])([2H])C([2H])([2H])[C@@]3([2H])C([2H])([2H])[2H])c12.[2H]c1c(C)[nH]c2ncnc(N(C)[C@H]3C([2H])([2H])N(C(=O)C([2H])([2H])[N+]#[C-])C([2H])([2H])C([2H])([2H])[C@@]3([2H])C)c12.[2H]c1c(C)[nH]c2ncnc(N(C)[C@]3([2H])[C@H](C)C([2H])([2H])C([2H])([2H])N(C(=O)C([2H])([2H])[N+]#[C-])C3([2H])[2H])c12. The van der Waals surface area contributed by atoms with E-state index >= 15 is 0 Å². The van der Waals surface area contributed by atoms with Crippen LogP contribution in [0.1, 0.15) is 102 Å². The maximum atomic E-state index is 13.0. The van der Waals surface area contributed by atoms with E-state index < -0.39 is 143 Å². The fraction of sp³-hybridized carbons (Fsp3) is 0.529. The number of aromatic amines is 3. The van der Waals surface area contributed by atoms with Crippen LogP contribution in [0.15, 0.2) is 37.1 Å². The third kappa shape index (κ3) is 11.5. The van der Waals surface area contributed by atoms with E-state index in [4.69, 9.17) is 65.0 Å². The van der Waals surface area contributed by atoms with Crippen LogP contribution in [0.4, 0.5) is 17.5 Å². The van der Waals surface area contributed by atoms with E-state index in [1.807, 2.05) is 0 Å². The number of rotatable bonds is 9. The molecule has 0 aliphatic carbocycles. The number of carbonyl (C=O) groups excluding carboxylic acids is 3. The van der Waals surface area contributed by atoms with Crippen LogP contribution in [0.3, 0.4) is 0 Å². The van der Waals surface area contributed by atoms with E-state index in [2.05, 4.69) is 59.4 Å². The van der Waals surface area contributed by atoms with Crippen LogP contribution < -0.4 is 14.7 Å². The highest BCUT2D eigenvalue weighted by molar-refractivity contribution is 5.90. The first kappa shape index (κ1) is 24.0. The van der Waals surface area contributed by atoms with E-state index in [9.17, 15) is 14.4 Å². The molecule has 3 fully saturated rings. The number of likely N-dealkylation sites (N-methyl/N-ethyl adjacent to an activating group) is 3. The molecule has 9 rings (SSSR count). The first-order chi connectivity index (χ1) is 47.1. The van der Waals surface area contributed by atoms with Crippen LogP contribution >= 0.6 is 0 Å². The molecule has 0 unspecified atom stereocenters. The van der Waals surface area contributed by atoms with Gasteiger partial charge in [0.25, 0.3) is 19.5 Å². The lowest BCUT2D eigenvalue weighted by molar-refractivity contribution is -0.131. The number of nitrogens with zero attached hydrogens (tertiary/aromatic N) is 15. The fourth-order valence-electron chi connectivity index (χ4n) is 7.07. The molecule has 9 heterocycles. The molecule has 3 aliphatic rings. The number of aromatic nitrogens is 9. The highest BCUT2D eigenvalue weighted by atomic mass is 16.2. The Labute approximate surface area is 467 Å².